The predicted molar refractivity (Wildman–Crippen MR) is 227 cm³/mol. The van der Waals surface area contributed by atoms with Gasteiger partial charge in [0.2, 0.25) is 0 Å². The van der Waals surface area contributed by atoms with Gasteiger partial charge in [-0.3, -0.25) is 20.4 Å². The molecule has 8 N–H and O–H groups in total. The lowest BCUT2D eigenvalue weighted by Crippen LogP contribution is -2.63. The molecule has 8 heteroatoms. The average Bonchev–Trinajstić information content (AvgIpc) is 3.14. The van der Waals surface area contributed by atoms with Crippen LogP contribution in [0.25, 0.3) is 0 Å². The molecule has 0 amide bonds. The van der Waals surface area contributed by atoms with Crippen LogP contribution in [0.1, 0.15) is 195 Å². The Labute approximate surface area is 324 Å². The maximum Gasteiger partial charge on any atom is 0.0863 e. The first-order valence-electron chi connectivity index (χ1n) is 23.1. The van der Waals surface area contributed by atoms with Gasteiger partial charge in [0, 0.05) is 26.2 Å². The zero-order valence-corrected chi connectivity index (χ0v) is 35.4. The summed E-state index contributed by atoms with van der Waals surface area (Å²) in [5, 5.41) is 29.1. The number of nitrogens with zero attached hydrogens (tertiary/aromatic N) is 2. The Bertz CT molecular complexity index is 676. The largest absolute Gasteiger partial charge is 0.390 e. The fourth-order valence-electron chi connectivity index (χ4n) is 8.54. The first kappa shape index (κ1) is 49.7. The highest BCUT2D eigenvalue weighted by atomic mass is 16.3. The van der Waals surface area contributed by atoms with E-state index in [1.165, 1.54) is 141 Å². The van der Waals surface area contributed by atoms with Crippen LogP contribution in [-0.2, 0) is 0 Å². The van der Waals surface area contributed by atoms with E-state index >= 15 is 0 Å². The number of nitrogens with one attached hydrogen (secondary N) is 2. The molecule has 0 saturated carbocycles. The highest BCUT2D eigenvalue weighted by Gasteiger charge is 2.31. The summed E-state index contributed by atoms with van der Waals surface area (Å²) < 4.78 is 0. The Kier molecular flexibility index (Phi) is 33.6. The van der Waals surface area contributed by atoms with Crippen LogP contribution in [0.5, 0.6) is 0 Å². The van der Waals surface area contributed by atoms with Crippen LogP contribution in [0.2, 0.25) is 0 Å². The second kappa shape index (κ2) is 35.1. The molecule has 6 unspecified atom stereocenters. The summed E-state index contributed by atoms with van der Waals surface area (Å²) in [4.78, 5) is 4.84. The number of hydrogen-bond donors (Lipinski definition) is 6. The molecule has 1 heterocycles. The van der Waals surface area contributed by atoms with E-state index < -0.39 is 12.2 Å². The van der Waals surface area contributed by atoms with Crippen LogP contribution in [0.4, 0.5) is 0 Å². The topological polar surface area (TPSA) is 123 Å². The Morgan fingerprint density at radius 2 is 0.731 bits per heavy atom. The molecule has 0 spiro atoms. The Hall–Kier alpha value is -0.320. The molecule has 52 heavy (non-hydrogen) atoms. The Balaban J connectivity index is 2.46. The van der Waals surface area contributed by atoms with Gasteiger partial charge in [0.15, 0.2) is 0 Å². The van der Waals surface area contributed by atoms with Gasteiger partial charge >= 0.3 is 0 Å². The van der Waals surface area contributed by atoms with E-state index in [9.17, 15) is 10.2 Å². The lowest BCUT2D eigenvalue weighted by molar-refractivity contribution is -0.0261. The van der Waals surface area contributed by atoms with Crippen molar-refractivity contribution in [1.29, 1.82) is 0 Å². The standard InChI is InChI=1S/C44H94N6O2/c1-5-7-9-11-13-15-17-19-21-25-41(27-23-31-45)29-33-47-43(39(3)51)49-35-37-50(38-36-49)44(40(4)52)48-34-30-42(28-24-32-46)26-22-20-18-16-14-12-10-8-6-2/h39-44,47-48,51-52H,5-38,45-46H2,1-4H3. The van der Waals surface area contributed by atoms with E-state index in [0.717, 1.165) is 78.0 Å². The van der Waals surface area contributed by atoms with Gasteiger partial charge in [-0.05, 0) is 90.4 Å². The van der Waals surface area contributed by atoms with Gasteiger partial charge in [-0.15, -0.1) is 0 Å². The van der Waals surface area contributed by atoms with E-state index in [-0.39, 0.29) is 12.3 Å². The van der Waals surface area contributed by atoms with Crippen molar-refractivity contribution in [3.05, 3.63) is 0 Å². The third kappa shape index (κ3) is 25.7. The molecule has 0 radical (unpaired) electrons. The fourth-order valence-corrected chi connectivity index (χ4v) is 8.54. The number of unbranched alkanes of at least 4 members (excludes halogenated alkanes) is 16. The quantitative estimate of drug-likeness (QED) is 0.0349. The van der Waals surface area contributed by atoms with Gasteiger partial charge < -0.3 is 21.7 Å². The van der Waals surface area contributed by atoms with Gasteiger partial charge in [-0.2, -0.15) is 0 Å². The summed E-state index contributed by atoms with van der Waals surface area (Å²) in [5.41, 5.74) is 11.8. The van der Waals surface area contributed by atoms with Gasteiger partial charge in [0.05, 0.1) is 24.5 Å². The maximum absolute atomic E-state index is 10.8. The van der Waals surface area contributed by atoms with Gasteiger partial charge in [0.1, 0.15) is 0 Å². The fraction of sp³-hybridized carbons (Fsp3) is 1.00. The molecule has 0 aromatic rings. The van der Waals surface area contributed by atoms with Crippen molar-refractivity contribution in [1.82, 2.24) is 20.4 Å². The summed E-state index contributed by atoms with van der Waals surface area (Å²) >= 11 is 0. The zero-order valence-electron chi connectivity index (χ0n) is 35.4. The van der Waals surface area contributed by atoms with Crippen LogP contribution < -0.4 is 22.1 Å². The molecule has 6 atom stereocenters. The predicted octanol–water partition coefficient (Wildman–Crippen LogP) is 8.53. The minimum atomic E-state index is -0.437. The minimum absolute atomic E-state index is 0.0349. The number of piperazine rings is 1. The van der Waals surface area contributed by atoms with Crippen molar-refractivity contribution in [2.45, 2.75) is 219 Å². The van der Waals surface area contributed by atoms with Crippen molar-refractivity contribution in [3.63, 3.8) is 0 Å². The SMILES string of the molecule is CCCCCCCCCCCC(CCCN)CCNC(C(C)O)N1CCN(C(NCCC(CCCN)CCCCCCCCCCC)C(C)O)CC1. The lowest BCUT2D eigenvalue weighted by Gasteiger charge is -2.44. The molecule has 0 aromatic carbocycles. The molecule has 1 aliphatic rings. The van der Waals surface area contributed by atoms with Crippen molar-refractivity contribution >= 4 is 0 Å². The van der Waals surface area contributed by atoms with Crippen LogP contribution in [0.15, 0.2) is 0 Å². The first-order valence-corrected chi connectivity index (χ1v) is 23.1. The molecular formula is C44H94N6O2. The Morgan fingerprint density at radius 3 is 1.02 bits per heavy atom. The van der Waals surface area contributed by atoms with Gasteiger partial charge in [-0.25, -0.2) is 0 Å². The molecule has 0 bridgehead atoms. The number of nitrogens with two attached hydrogens (primary N) is 2. The first-order chi connectivity index (χ1) is 25.4. The van der Waals surface area contributed by atoms with Gasteiger partial charge in [-0.1, -0.05) is 142 Å². The summed E-state index contributed by atoms with van der Waals surface area (Å²) in [6.45, 7) is 15.4. The highest BCUT2D eigenvalue weighted by molar-refractivity contribution is 4.85. The number of aliphatic hydroxyl groups excluding tert-OH is 2. The molecule has 8 nitrogen and oxygen atoms in total. The molecule has 1 rings (SSSR count). The molecule has 1 saturated heterocycles. The summed E-state index contributed by atoms with van der Waals surface area (Å²) in [6.07, 6.45) is 33.4. The monoisotopic (exact) mass is 739 g/mol. The van der Waals surface area contributed by atoms with E-state index in [1.807, 2.05) is 13.8 Å². The maximum atomic E-state index is 10.8. The van der Waals surface area contributed by atoms with Gasteiger partial charge in [0.25, 0.3) is 0 Å². The normalized spacial score (nSPS) is 18.0. The van der Waals surface area contributed by atoms with E-state index in [4.69, 9.17) is 11.5 Å². The molecule has 1 fully saturated rings. The Morgan fingerprint density at radius 1 is 0.442 bits per heavy atom. The summed E-state index contributed by atoms with van der Waals surface area (Å²) in [6, 6.07) is 0. The van der Waals surface area contributed by atoms with Crippen LogP contribution in [0, 0.1) is 11.8 Å². The van der Waals surface area contributed by atoms with Crippen LogP contribution in [-0.4, -0.2) is 96.9 Å². The summed E-state index contributed by atoms with van der Waals surface area (Å²) in [5.74, 6) is 1.43. The molecule has 0 aliphatic carbocycles. The van der Waals surface area contributed by atoms with Crippen molar-refractivity contribution < 1.29 is 10.2 Å². The third-order valence-electron chi connectivity index (χ3n) is 11.9. The van der Waals surface area contributed by atoms with Crippen molar-refractivity contribution in [2.24, 2.45) is 23.3 Å². The second-order valence-electron chi connectivity index (χ2n) is 16.8. The van der Waals surface area contributed by atoms with E-state index in [1.54, 1.807) is 0 Å². The molecule has 0 aromatic heterocycles. The third-order valence-corrected chi connectivity index (χ3v) is 11.9. The zero-order chi connectivity index (χ0) is 38.1. The number of aliphatic hydroxyl groups is 2. The van der Waals surface area contributed by atoms with Crippen molar-refractivity contribution in [3.8, 4) is 0 Å². The number of rotatable bonds is 38. The van der Waals surface area contributed by atoms with E-state index in [2.05, 4.69) is 34.3 Å². The minimum Gasteiger partial charge on any atom is -0.390 e. The second-order valence-corrected chi connectivity index (χ2v) is 16.8. The number of hydrogen-bond acceptors (Lipinski definition) is 8. The van der Waals surface area contributed by atoms with Crippen molar-refractivity contribution in [2.75, 3.05) is 52.4 Å². The molecule has 312 valence electrons. The highest BCUT2D eigenvalue weighted by Crippen LogP contribution is 2.22. The average molecular weight is 739 g/mol. The lowest BCUT2D eigenvalue weighted by atomic mass is 9.92. The molecule has 1 aliphatic heterocycles. The van der Waals surface area contributed by atoms with Crippen LogP contribution in [0.3, 0.4) is 0 Å². The smallest absolute Gasteiger partial charge is 0.0863 e. The molecular weight excluding hydrogens is 645 g/mol. The van der Waals surface area contributed by atoms with Crippen LogP contribution >= 0.6 is 0 Å². The summed E-state index contributed by atoms with van der Waals surface area (Å²) in [7, 11) is 0. The van der Waals surface area contributed by atoms with E-state index in [0.29, 0.717) is 11.8 Å².